The first-order valence-electron chi connectivity index (χ1n) is 20.5. The van der Waals surface area contributed by atoms with Crippen LogP contribution in [0, 0.1) is 41.5 Å². The molecule has 3 aromatic heterocycles. The van der Waals surface area contributed by atoms with Crippen molar-refractivity contribution < 1.29 is 20.0 Å². The van der Waals surface area contributed by atoms with Crippen molar-refractivity contribution in [2.24, 2.45) is 9.98 Å². The summed E-state index contributed by atoms with van der Waals surface area (Å²) in [4.78, 5) is 35.3. The van der Waals surface area contributed by atoms with Crippen LogP contribution in [0.1, 0.15) is 192 Å². The van der Waals surface area contributed by atoms with Crippen molar-refractivity contribution in [2.75, 3.05) is 0 Å². The van der Waals surface area contributed by atoms with Gasteiger partial charge in [-0.3, -0.25) is 9.98 Å². The maximum Gasteiger partial charge on any atom is 2.00 e. The van der Waals surface area contributed by atoms with Gasteiger partial charge >= 0.3 is 48.9 Å². The van der Waals surface area contributed by atoms with Gasteiger partial charge in [0.1, 0.15) is 24.9 Å². The Labute approximate surface area is 394 Å². The van der Waals surface area contributed by atoms with Crippen molar-refractivity contribution in [2.45, 2.75) is 199 Å². The maximum absolute atomic E-state index is 4.68. The Hall–Kier alpha value is -2.57. The average molecular weight is 924 g/mol. The molecule has 0 aliphatic heterocycles. The van der Waals surface area contributed by atoms with E-state index in [0.29, 0.717) is 0 Å². The molecule has 0 amide bonds. The van der Waals surface area contributed by atoms with Gasteiger partial charge in [0, 0.05) is 12.4 Å². The molecule has 0 spiro atoms. The number of nitrogens with zero attached hydrogens (tertiary/aromatic N) is 4. The van der Waals surface area contributed by atoms with E-state index in [4.69, 9.17) is 0 Å². The van der Waals surface area contributed by atoms with Crippen LogP contribution in [-0.2, 0) is 0 Å². The normalized spacial score (nSPS) is 13.7. The second-order valence-electron chi connectivity index (χ2n) is 21.5. The molecule has 5 N–H and O–H groups in total. The van der Waals surface area contributed by atoms with Crippen LogP contribution in [0.15, 0.2) is 9.98 Å². The van der Waals surface area contributed by atoms with Gasteiger partial charge in [-0.1, -0.05) is 45.0 Å². The van der Waals surface area contributed by atoms with Crippen LogP contribution in [0.5, 0.6) is 0 Å². The Morgan fingerprint density at radius 3 is 0.759 bits per heavy atom. The molecule has 0 radical (unpaired) electrons. The van der Waals surface area contributed by atoms with E-state index in [1.807, 2.05) is 37.3 Å². The van der Waals surface area contributed by atoms with Gasteiger partial charge in [-0.25, -0.2) is 20.0 Å². The summed E-state index contributed by atoms with van der Waals surface area (Å²) in [5, 5.41) is 0. The number of nitrogens with one attached hydrogen (secondary N) is 5. The fourth-order valence-corrected chi connectivity index (χ4v) is 4.58. The first-order chi connectivity index (χ1) is 25.5. The molecule has 0 saturated heterocycles. The van der Waals surface area contributed by atoms with Gasteiger partial charge in [0.05, 0.1) is 22.5 Å². The average Bonchev–Trinajstić information content (AvgIpc) is 3.58. The van der Waals surface area contributed by atoms with Gasteiger partial charge in [-0.2, -0.15) is 0 Å². The molecule has 0 aromatic carbocycles. The summed E-state index contributed by atoms with van der Waals surface area (Å²) >= 11 is 0. The summed E-state index contributed by atoms with van der Waals surface area (Å²) < 4.78 is 0. The summed E-state index contributed by atoms with van der Waals surface area (Å²) in [7, 11) is 0. The minimum atomic E-state index is -0.0505. The predicted molar refractivity (Wildman–Crippen MR) is 253 cm³/mol. The van der Waals surface area contributed by atoms with Gasteiger partial charge < -0.3 is 15.0 Å². The number of hydrogen-bond donors (Lipinski definition) is 5. The Balaban J connectivity index is 0.000000833. The van der Waals surface area contributed by atoms with Crippen LogP contribution in [0.3, 0.4) is 0 Å². The van der Waals surface area contributed by atoms with Gasteiger partial charge in [-0.15, -0.1) is 0 Å². The quantitative estimate of drug-likeness (QED) is 0.193. The first-order valence-corrected chi connectivity index (χ1v) is 20.5. The predicted octanol–water partition coefficient (Wildman–Crippen LogP) is 3.40. The maximum atomic E-state index is 4.68. The van der Waals surface area contributed by atoms with Crippen molar-refractivity contribution in [3.8, 4) is 0 Å². The van der Waals surface area contributed by atoms with Gasteiger partial charge in [0.15, 0.2) is 22.2 Å². The van der Waals surface area contributed by atoms with E-state index in [0.717, 1.165) is 34.2 Å². The molecule has 0 fully saturated rings. The van der Waals surface area contributed by atoms with Crippen molar-refractivity contribution in [1.82, 2.24) is 15.0 Å². The van der Waals surface area contributed by atoms with Crippen LogP contribution < -0.4 is 29.9 Å². The zero-order valence-corrected chi connectivity index (χ0v) is 45.9. The number of H-pyrrole nitrogens is 1. The fraction of sp³-hybridized carbons (Fsp3) is 0.625. The van der Waals surface area contributed by atoms with E-state index < -0.39 is 0 Å². The first kappa shape index (κ1) is 55.4. The molecule has 0 bridgehead atoms. The van der Waals surface area contributed by atoms with Crippen LogP contribution in [0.4, 0.5) is 0 Å². The van der Waals surface area contributed by atoms with Gasteiger partial charge in [0.25, 0.3) is 0 Å². The standard InChI is InChI=1S/C16H27N3.2C16H26N3.Ba/c3*1-11-12(2)14(10-18-16(6,7)8)19-13(11)9-17-15(3,4)5;/h9-10,19H,1-8H3;2*9-10H,1-8H3;/q;2*-1;+2/p+4. The Bertz CT molecular complexity index is 1570. The number of rotatable bonds is 6. The fourth-order valence-electron chi connectivity index (χ4n) is 4.58. The molecule has 0 aliphatic carbocycles. The van der Waals surface area contributed by atoms with Crippen molar-refractivity contribution in [1.29, 1.82) is 0 Å². The third-order valence-electron chi connectivity index (χ3n) is 8.51. The molecule has 3 heterocycles. The summed E-state index contributed by atoms with van der Waals surface area (Å²) in [6, 6.07) is 0. The van der Waals surface area contributed by atoms with Gasteiger partial charge in [-0.05, 0) is 177 Å². The molecule has 9 nitrogen and oxygen atoms in total. The van der Waals surface area contributed by atoms with Gasteiger partial charge in [0.2, 0.25) is 0 Å². The third kappa shape index (κ3) is 22.2. The Morgan fingerprint density at radius 2 is 0.586 bits per heavy atom. The molecule has 318 valence electrons. The van der Waals surface area contributed by atoms with E-state index in [1.54, 1.807) is 0 Å². The van der Waals surface area contributed by atoms with E-state index in [1.165, 1.54) is 33.4 Å². The topological polar surface area (TPSA) is 125 Å². The number of aromatic nitrogens is 3. The van der Waals surface area contributed by atoms with Crippen LogP contribution in [0.25, 0.3) is 0 Å². The third-order valence-corrected chi connectivity index (χ3v) is 8.51. The molecular weight excluding hydrogens is 840 g/mol. The second-order valence-corrected chi connectivity index (χ2v) is 21.5. The molecule has 0 saturated carbocycles. The van der Waals surface area contributed by atoms with Crippen LogP contribution >= 0.6 is 0 Å². The molecule has 0 unspecified atom stereocenters. The zero-order chi connectivity index (χ0) is 44.5. The molecule has 10 heteroatoms. The van der Waals surface area contributed by atoms with Crippen LogP contribution in [0.2, 0.25) is 0 Å². The van der Waals surface area contributed by atoms with Crippen LogP contribution in [-0.4, -0.2) is 124 Å². The molecular formula is C48H83BaN9+4. The minimum Gasteiger partial charge on any atom is -0.648 e. The van der Waals surface area contributed by atoms with E-state index in [-0.39, 0.29) is 82.1 Å². The van der Waals surface area contributed by atoms with E-state index in [2.05, 4.69) is 211 Å². The second kappa shape index (κ2) is 21.8. The van der Waals surface area contributed by atoms with Crippen molar-refractivity contribution in [3.05, 3.63) is 67.5 Å². The minimum absolute atomic E-state index is 0. The smallest absolute Gasteiger partial charge is 0.648 e. The molecule has 3 aromatic rings. The summed E-state index contributed by atoms with van der Waals surface area (Å²) in [6.45, 7) is 51.0. The molecule has 0 aliphatic rings. The number of hydrogen-bond acceptors (Lipinski definition) is 2. The van der Waals surface area contributed by atoms with Crippen molar-refractivity contribution >= 4 is 86.2 Å². The summed E-state index contributed by atoms with van der Waals surface area (Å²) in [6.07, 6.45) is 11.9. The monoisotopic (exact) mass is 924 g/mol. The van der Waals surface area contributed by atoms with E-state index in [9.17, 15) is 0 Å². The summed E-state index contributed by atoms with van der Waals surface area (Å²) in [5.74, 6) is 0. The molecule has 58 heavy (non-hydrogen) atoms. The Kier molecular flexibility index (Phi) is 20.8. The zero-order valence-electron chi connectivity index (χ0n) is 41.5. The number of aromatic amines is 1. The summed E-state index contributed by atoms with van der Waals surface area (Å²) in [5.41, 5.74) is 13.8. The largest absolute Gasteiger partial charge is 2.00 e. The SMILES string of the molecule is Cc1c(C=NC(C)(C)C)[nH]c(C=NC(C)(C)C)c1C.Cc1c(C=[NH+]C(C)(C)C)[n-]c(C=[NH+]C(C)(C)C)c1C.Cc1c(C=[NH+]C(C)(C)C)[n-]c(C=[NH+]C(C)(C)C)c1C.[Ba+2]. The molecule has 0 atom stereocenters. The van der Waals surface area contributed by atoms with E-state index >= 15 is 0 Å². The van der Waals surface area contributed by atoms with Crippen molar-refractivity contribution in [3.63, 3.8) is 0 Å². The number of aliphatic imine (C=N–C) groups is 2. The Morgan fingerprint density at radius 1 is 0.379 bits per heavy atom. The molecule has 3 rings (SSSR count).